The van der Waals surface area contributed by atoms with Gasteiger partial charge >= 0.3 is 6.03 Å². The second-order valence-electron chi connectivity index (χ2n) is 10.0. The zero-order valence-electron chi connectivity index (χ0n) is 20.3. The van der Waals surface area contributed by atoms with Crippen molar-refractivity contribution in [1.82, 2.24) is 14.7 Å². The maximum atomic E-state index is 12.9. The Morgan fingerprint density at radius 1 is 1.06 bits per heavy atom. The van der Waals surface area contributed by atoms with Crippen LogP contribution >= 0.6 is 11.6 Å². The van der Waals surface area contributed by atoms with E-state index in [0.29, 0.717) is 23.1 Å². The summed E-state index contributed by atoms with van der Waals surface area (Å²) in [4.78, 5) is 27.3. The van der Waals surface area contributed by atoms with Gasteiger partial charge in [0.2, 0.25) is 5.91 Å². The number of carbonyl (C=O) groups is 2. The molecule has 0 aliphatic carbocycles. The van der Waals surface area contributed by atoms with Crippen LogP contribution in [-0.2, 0) is 15.7 Å². The van der Waals surface area contributed by atoms with Crippen LogP contribution in [0.4, 0.5) is 16.3 Å². The third-order valence-corrected chi connectivity index (χ3v) is 5.13. The minimum absolute atomic E-state index is 0.0560. The van der Waals surface area contributed by atoms with Crippen LogP contribution in [0.3, 0.4) is 0 Å². The van der Waals surface area contributed by atoms with E-state index in [1.165, 1.54) is 4.90 Å². The predicted molar refractivity (Wildman–Crippen MR) is 132 cm³/mol. The van der Waals surface area contributed by atoms with Crippen molar-refractivity contribution in [2.75, 3.05) is 23.7 Å². The van der Waals surface area contributed by atoms with Crippen molar-refractivity contribution >= 4 is 35.0 Å². The molecule has 176 valence electrons. The number of rotatable bonds is 7. The van der Waals surface area contributed by atoms with Crippen LogP contribution in [0.15, 0.2) is 30.3 Å². The molecule has 0 saturated carbocycles. The fraction of sp³-hybridized carbons (Fsp3) is 0.542. The summed E-state index contributed by atoms with van der Waals surface area (Å²) in [6.45, 7) is 14.8. The van der Waals surface area contributed by atoms with Crippen LogP contribution < -0.4 is 10.6 Å². The van der Waals surface area contributed by atoms with Crippen molar-refractivity contribution in [3.05, 3.63) is 41.0 Å². The number of hydrogen-bond donors (Lipinski definition) is 2. The Balaban J connectivity index is 2.17. The summed E-state index contributed by atoms with van der Waals surface area (Å²) >= 11 is 5.92. The highest BCUT2D eigenvalue weighted by Gasteiger charge is 2.26. The molecule has 0 aliphatic heterocycles. The Bertz CT molecular complexity index is 923. The molecule has 1 aromatic carbocycles. The van der Waals surface area contributed by atoms with Gasteiger partial charge in [0.1, 0.15) is 12.4 Å². The van der Waals surface area contributed by atoms with E-state index in [4.69, 9.17) is 16.7 Å². The number of benzene rings is 1. The lowest BCUT2D eigenvalue weighted by Crippen LogP contribution is -2.41. The molecule has 0 saturated heterocycles. The number of hydrogen-bond acceptors (Lipinski definition) is 3. The zero-order chi connectivity index (χ0) is 24.1. The van der Waals surface area contributed by atoms with Crippen molar-refractivity contribution < 1.29 is 9.59 Å². The summed E-state index contributed by atoms with van der Waals surface area (Å²) in [6.07, 6.45) is 1.72. The number of carbonyl (C=O) groups excluding carboxylic acids is 2. The fourth-order valence-electron chi connectivity index (χ4n) is 3.04. The number of nitrogens with zero attached hydrogens (tertiary/aromatic N) is 3. The first-order chi connectivity index (χ1) is 14.8. The number of unbranched alkanes of at least 4 members (excludes halogenated alkanes) is 1. The summed E-state index contributed by atoms with van der Waals surface area (Å²) in [6, 6.07) is 8.47. The first kappa shape index (κ1) is 25.7. The third kappa shape index (κ3) is 7.26. The molecule has 0 fully saturated rings. The Morgan fingerprint density at radius 2 is 1.69 bits per heavy atom. The lowest BCUT2D eigenvalue weighted by Gasteiger charge is -2.25. The SMILES string of the molecule is CCCCN(CC(=O)Nc1cc(C(C)(C)C)nn1C(C)(C)C)C(=O)Nc1ccc(Cl)cc1. The van der Waals surface area contributed by atoms with Crippen LogP contribution in [0.1, 0.15) is 67.0 Å². The smallest absolute Gasteiger partial charge is 0.315 e. The van der Waals surface area contributed by atoms with Gasteiger partial charge in [0.25, 0.3) is 0 Å². The highest BCUT2D eigenvalue weighted by molar-refractivity contribution is 6.30. The van der Waals surface area contributed by atoms with Gasteiger partial charge < -0.3 is 15.5 Å². The van der Waals surface area contributed by atoms with Gasteiger partial charge in [-0.1, -0.05) is 45.7 Å². The molecule has 0 atom stereocenters. The van der Waals surface area contributed by atoms with E-state index in [2.05, 4.69) is 31.4 Å². The number of halogens is 1. The standard InChI is InChI=1S/C24H36ClN5O2/c1-8-9-14-29(22(32)26-18-12-10-17(25)11-13-18)16-21(31)27-20-15-19(23(2,3)4)28-30(20)24(5,6)7/h10-13,15H,8-9,14,16H2,1-7H3,(H,26,32)(H,27,31). The van der Waals surface area contributed by atoms with E-state index in [-0.39, 0.29) is 29.4 Å². The molecule has 2 rings (SSSR count). The molecule has 2 N–H and O–H groups in total. The first-order valence-corrected chi connectivity index (χ1v) is 11.4. The van der Waals surface area contributed by atoms with Crippen molar-refractivity contribution in [3.8, 4) is 0 Å². The van der Waals surface area contributed by atoms with Crippen molar-refractivity contribution in [2.24, 2.45) is 0 Å². The summed E-state index contributed by atoms with van der Waals surface area (Å²) in [5.74, 6) is 0.360. The molecule has 7 nitrogen and oxygen atoms in total. The molecule has 2 aromatic rings. The average molecular weight is 462 g/mol. The third-order valence-electron chi connectivity index (χ3n) is 4.88. The molecular weight excluding hydrogens is 426 g/mol. The van der Waals surface area contributed by atoms with Crippen LogP contribution in [-0.4, -0.2) is 39.7 Å². The molecule has 1 heterocycles. The summed E-state index contributed by atoms with van der Waals surface area (Å²) in [7, 11) is 0. The van der Waals surface area contributed by atoms with E-state index in [1.807, 2.05) is 38.4 Å². The van der Waals surface area contributed by atoms with Crippen LogP contribution in [0.2, 0.25) is 5.02 Å². The minimum atomic E-state index is -0.323. The molecule has 32 heavy (non-hydrogen) atoms. The molecular formula is C24H36ClN5O2. The second-order valence-corrected chi connectivity index (χ2v) is 10.4. The van der Waals surface area contributed by atoms with Crippen LogP contribution in [0.5, 0.6) is 0 Å². The molecule has 0 bridgehead atoms. The van der Waals surface area contributed by atoms with Gasteiger partial charge in [0.15, 0.2) is 0 Å². The Morgan fingerprint density at radius 3 is 2.22 bits per heavy atom. The molecule has 0 spiro atoms. The van der Waals surface area contributed by atoms with E-state index in [9.17, 15) is 9.59 Å². The summed E-state index contributed by atoms with van der Waals surface area (Å²) in [5, 5.41) is 11.1. The number of urea groups is 1. The molecule has 8 heteroatoms. The van der Waals surface area contributed by atoms with Crippen molar-refractivity contribution in [1.29, 1.82) is 0 Å². The van der Waals surface area contributed by atoms with Gasteiger partial charge in [-0.15, -0.1) is 0 Å². The second kappa shape index (κ2) is 10.4. The van der Waals surface area contributed by atoms with Crippen molar-refractivity contribution in [3.63, 3.8) is 0 Å². The monoisotopic (exact) mass is 461 g/mol. The highest BCUT2D eigenvalue weighted by Crippen LogP contribution is 2.28. The maximum Gasteiger partial charge on any atom is 0.322 e. The van der Waals surface area contributed by atoms with Gasteiger partial charge in [0.05, 0.1) is 11.2 Å². The van der Waals surface area contributed by atoms with Gasteiger partial charge in [-0.25, -0.2) is 9.48 Å². The molecule has 0 aliphatic rings. The summed E-state index contributed by atoms with van der Waals surface area (Å²) < 4.78 is 1.83. The van der Waals surface area contributed by atoms with E-state index in [1.54, 1.807) is 24.3 Å². The summed E-state index contributed by atoms with van der Waals surface area (Å²) in [5.41, 5.74) is 1.06. The lowest BCUT2D eigenvalue weighted by atomic mass is 9.92. The van der Waals surface area contributed by atoms with E-state index >= 15 is 0 Å². The Kier molecular flexibility index (Phi) is 8.35. The zero-order valence-corrected chi connectivity index (χ0v) is 21.0. The molecule has 1 aromatic heterocycles. The van der Waals surface area contributed by atoms with Gasteiger partial charge in [-0.3, -0.25) is 4.79 Å². The Hall–Kier alpha value is -2.54. The topological polar surface area (TPSA) is 79.3 Å². The Labute approximate surface area is 196 Å². The van der Waals surface area contributed by atoms with Gasteiger partial charge in [-0.05, 0) is 51.5 Å². The number of anilines is 2. The number of nitrogens with one attached hydrogen (secondary N) is 2. The maximum absolute atomic E-state index is 12.9. The van der Waals surface area contributed by atoms with Gasteiger partial charge in [0, 0.05) is 28.7 Å². The number of aromatic nitrogens is 2. The quantitative estimate of drug-likeness (QED) is 0.541. The van der Waals surface area contributed by atoms with Crippen LogP contribution in [0, 0.1) is 0 Å². The normalized spacial score (nSPS) is 11.9. The molecule has 0 unspecified atom stereocenters. The number of amides is 3. The van der Waals surface area contributed by atoms with Gasteiger partial charge in [-0.2, -0.15) is 5.10 Å². The largest absolute Gasteiger partial charge is 0.322 e. The fourth-order valence-corrected chi connectivity index (χ4v) is 3.17. The van der Waals surface area contributed by atoms with E-state index < -0.39 is 0 Å². The molecule has 0 radical (unpaired) electrons. The van der Waals surface area contributed by atoms with E-state index in [0.717, 1.165) is 18.5 Å². The predicted octanol–water partition coefficient (Wildman–Crippen LogP) is 5.86. The lowest BCUT2D eigenvalue weighted by molar-refractivity contribution is -0.116. The van der Waals surface area contributed by atoms with Crippen molar-refractivity contribution in [2.45, 2.75) is 72.3 Å². The average Bonchev–Trinajstić information content (AvgIpc) is 3.11. The first-order valence-electron chi connectivity index (χ1n) is 11.0. The van der Waals surface area contributed by atoms with Crippen LogP contribution in [0.25, 0.3) is 0 Å². The minimum Gasteiger partial charge on any atom is -0.315 e. The highest BCUT2D eigenvalue weighted by atomic mass is 35.5. The molecule has 3 amide bonds.